The molecule has 0 bridgehead atoms. The lowest BCUT2D eigenvalue weighted by molar-refractivity contribution is -0.131. The minimum Gasteiger partial charge on any atom is -0.341 e. The molecule has 33 heavy (non-hydrogen) atoms. The number of rotatable bonds is 6. The molecule has 2 aromatic carbocycles. The number of nitrogens with zero attached hydrogens (tertiary/aromatic N) is 2. The van der Waals surface area contributed by atoms with Crippen molar-refractivity contribution in [3.8, 4) is 0 Å². The summed E-state index contributed by atoms with van der Waals surface area (Å²) >= 11 is 5.85. The van der Waals surface area contributed by atoms with E-state index >= 15 is 0 Å². The van der Waals surface area contributed by atoms with Crippen LogP contribution in [0.25, 0.3) is 10.9 Å². The molecule has 4 rings (SSSR count). The third-order valence-electron chi connectivity index (χ3n) is 5.80. The Bertz CT molecular complexity index is 1260. The van der Waals surface area contributed by atoms with Crippen molar-refractivity contribution >= 4 is 49.8 Å². The van der Waals surface area contributed by atoms with Crippen LogP contribution in [-0.4, -0.2) is 48.5 Å². The van der Waals surface area contributed by atoms with E-state index < -0.39 is 21.5 Å². The smallest absolute Gasteiger partial charge is 0.242 e. The van der Waals surface area contributed by atoms with Gasteiger partial charge < -0.3 is 14.8 Å². The van der Waals surface area contributed by atoms with Gasteiger partial charge in [0.2, 0.25) is 11.8 Å². The second-order valence-corrected chi connectivity index (χ2v) is 10.6. The highest BCUT2D eigenvalue weighted by molar-refractivity contribution is 7.92. The van der Waals surface area contributed by atoms with Crippen molar-refractivity contribution in [1.29, 1.82) is 0 Å². The normalized spacial score (nSPS) is 14.8. The minimum atomic E-state index is -3.94. The molecule has 1 aliphatic rings. The van der Waals surface area contributed by atoms with Crippen molar-refractivity contribution in [2.24, 2.45) is 0 Å². The van der Waals surface area contributed by atoms with E-state index in [4.69, 9.17) is 11.6 Å². The molecule has 0 unspecified atom stereocenters. The zero-order chi connectivity index (χ0) is 23.4. The number of anilines is 1. The number of carbonyl (C=O) groups is 2. The van der Waals surface area contributed by atoms with Gasteiger partial charge in [-0.1, -0.05) is 42.6 Å². The van der Waals surface area contributed by atoms with Crippen LogP contribution in [0.4, 0.5) is 5.69 Å². The molecule has 3 aromatic rings. The fraction of sp³-hybridized carbons (Fsp3) is 0.333. The average Bonchev–Trinajstić information content (AvgIpc) is 2.95. The molecule has 0 aliphatic carbocycles. The lowest BCUT2D eigenvalue weighted by atomic mass is 10.2. The second kappa shape index (κ2) is 9.97. The van der Waals surface area contributed by atoms with E-state index in [1.165, 1.54) is 6.20 Å². The number of para-hydroxylation sites is 1. The van der Waals surface area contributed by atoms with E-state index in [1.54, 1.807) is 53.1 Å². The van der Waals surface area contributed by atoms with Crippen LogP contribution in [0.1, 0.15) is 25.7 Å². The number of hydrogen-bond donors (Lipinski definition) is 1. The van der Waals surface area contributed by atoms with Gasteiger partial charge in [0.05, 0.1) is 4.90 Å². The highest BCUT2D eigenvalue weighted by Gasteiger charge is 2.25. The fourth-order valence-electron chi connectivity index (χ4n) is 4.14. The number of likely N-dealkylation sites (tertiary alicyclic amines) is 1. The van der Waals surface area contributed by atoms with Gasteiger partial charge in [-0.05, 0) is 43.2 Å². The topological polar surface area (TPSA) is 88.5 Å². The summed E-state index contributed by atoms with van der Waals surface area (Å²) < 4.78 is 28.0. The fourth-order valence-corrected chi connectivity index (χ4v) is 5.63. The standard InChI is InChI=1S/C24H26ClN3O4S/c25-18-9-11-19(12-10-18)26-23(29)17-33(31,32)22-15-28(21-8-4-3-7-20(21)22)16-24(30)27-13-5-1-2-6-14-27/h3-4,7-12,15H,1-2,5-6,13-14,16-17H2,(H,26,29). The van der Waals surface area contributed by atoms with Crippen molar-refractivity contribution in [2.45, 2.75) is 37.1 Å². The zero-order valence-corrected chi connectivity index (χ0v) is 19.7. The number of carbonyl (C=O) groups excluding carboxylic acids is 2. The highest BCUT2D eigenvalue weighted by Crippen LogP contribution is 2.27. The molecule has 0 spiro atoms. The Balaban J connectivity index is 1.56. The van der Waals surface area contributed by atoms with Crippen molar-refractivity contribution in [3.63, 3.8) is 0 Å². The Hall–Kier alpha value is -2.84. The van der Waals surface area contributed by atoms with Gasteiger partial charge in [0.25, 0.3) is 0 Å². The summed E-state index contributed by atoms with van der Waals surface area (Å²) in [6.45, 7) is 1.52. The number of benzene rings is 2. The van der Waals surface area contributed by atoms with Gasteiger partial charge in [-0.15, -0.1) is 0 Å². The molecule has 1 fully saturated rings. The number of halogens is 1. The molecule has 1 aliphatic heterocycles. The number of amides is 2. The van der Waals surface area contributed by atoms with Gasteiger partial charge in [-0.25, -0.2) is 8.42 Å². The van der Waals surface area contributed by atoms with Gasteiger partial charge in [0.15, 0.2) is 9.84 Å². The summed E-state index contributed by atoms with van der Waals surface area (Å²) in [5, 5.41) is 3.60. The van der Waals surface area contributed by atoms with Gasteiger partial charge in [0, 0.05) is 40.9 Å². The number of fused-ring (bicyclic) bond motifs is 1. The maximum Gasteiger partial charge on any atom is 0.242 e. The summed E-state index contributed by atoms with van der Waals surface area (Å²) in [4.78, 5) is 27.3. The third-order valence-corrected chi connectivity index (χ3v) is 7.69. The first-order valence-corrected chi connectivity index (χ1v) is 13.0. The van der Waals surface area contributed by atoms with Crippen LogP contribution in [0.3, 0.4) is 0 Å². The predicted molar refractivity (Wildman–Crippen MR) is 129 cm³/mol. The van der Waals surface area contributed by atoms with Gasteiger partial charge >= 0.3 is 0 Å². The Morgan fingerprint density at radius 3 is 2.30 bits per heavy atom. The molecule has 7 nitrogen and oxygen atoms in total. The maximum atomic E-state index is 13.2. The van der Waals surface area contributed by atoms with Crippen molar-refractivity contribution in [1.82, 2.24) is 9.47 Å². The molecule has 2 heterocycles. The zero-order valence-electron chi connectivity index (χ0n) is 18.2. The summed E-state index contributed by atoms with van der Waals surface area (Å²) in [7, 11) is -3.94. The summed E-state index contributed by atoms with van der Waals surface area (Å²) in [5.41, 5.74) is 1.11. The number of hydrogen-bond acceptors (Lipinski definition) is 4. The highest BCUT2D eigenvalue weighted by atomic mass is 35.5. The monoisotopic (exact) mass is 487 g/mol. The van der Waals surface area contributed by atoms with E-state index in [2.05, 4.69) is 5.32 Å². The first-order valence-electron chi connectivity index (χ1n) is 11.0. The van der Waals surface area contributed by atoms with Gasteiger partial charge in [-0.3, -0.25) is 9.59 Å². The summed E-state index contributed by atoms with van der Waals surface area (Å²) in [6, 6.07) is 13.5. The van der Waals surface area contributed by atoms with Crippen LogP contribution < -0.4 is 5.32 Å². The van der Waals surface area contributed by atoms with Crippen LogP contribution in [0.2, 0.25) is 5.02 Å². The maximum absolute atomic E-state index is 13.2. The van der Waals surface area contributed by atoms with E-state index in [0.717, 1.165) is 38.8 Å². The quantitative estimate of drug-likeness (QED) is 0.566. The molecule has 174 valence electrons. The summed E-state index contributed by atoms with van der Waals surface area (Å²) in [6.07, 6.45) is 5.69. The second-order valence-electron chi connectivity index (χ2n) is 8.25. The Morgan fingerprint density at radius 2 is 1.61 bits per heavy atom. The molecule has 9 heteroatoms. The van der Waals surface area contributed by atoms with Crippen LogP contribution in [0.5, 0.6) is 0 Å². The average molecular weight is 488 g/mol. The number of nitrogens with one attached hydrogen (secondary N) is 1. The van der Waals surface area contributed by atoms with Gasteiger partial charge in [-0.2, -0.15) is 0 Å². The van der Waals surface area contributed by atoms with E-state index in [0.29, 0.717) is 21.6 Å². The Labute approximate surface area is 198 Å². The third kappa shape index (κ3) is 5.57. The lowest BCUT2D eigenvalue weighted by Crippen LogP contribution is -2.34. The molecule has 1 N–H and O–H groups in total. The first-order chi connectivity index (χ1) is 15.8. The molecule has 0 radical (unpaired) electrons. The molecular weight excluding hydrogens is 462 g/mol. The Morgan fingerprint density at radius 1 is 0.939 bits per heavy atom. The molecule has 1 saturated heterocycles. The van der Waals surface area contributed by atoms with E-state index in [9.17, 15) is 18.0 Å². The van der Waals surface area contributed by atoms with Crippen LogP contribution in [0.15, 0.2) is 59.6 Å². The van der Waals surface area contributed by atoms with Crippen molar-refractivity contribution < 1.29 is 18.0 Å². The molecule has 2 amide bonds. The van der Waals surface area contributed by atoms with Crippen molar-refractivity contribution in [3.05, 3.63) is 59.8 Å². The van der Waals surface area contributed by atoms with Crippen LogP contribution in [-0.2, 0) is 26.0 Å². The number of sulfone groups is 1. The van der Waals surface area contributed by atoms with Gasteiger partial charge in [0.1, 0.15) is 12.3 Å². The van der Waals surface area contributed by atoms with Crippen LogP contribution >= 0.6 is 11.6 Å². The molecule has 0 atom stereocenters. The molecule has 1 aromatic heterocycles. The lowest BCUT2D eigenvalue weighted by Gasteiger charge is -2.20. The Kier molecular flexibility index (Phi) is 7.05. The predicted octanol–water partition coefficient (Wildman–Crippen LogP) is 4.11. The first kappa shape index (κ1) is 23.3. The van der Waals surface area contributed by atoms with Crippen molar-refractivity contribution in [2.75, 3.05) is 24.2 Å². The largest absolute Gasteiger partial charge is 0.341 e. The van der Waals surface area contributed by atoms with E-state index in [-0.39, 0.29) is 17.3 Å². The molecule has 0 saturated carbocycles. The summed E-state index contributed by atoms with van der Waals surface area (Å²) in [5.74, 6) is -1.37. The van der Waals surface area contributed by atoms with Crippen LogP contribution in [0, 0.1) is 0 Å². The molecular formula is C24H26ClN3O4S. The SMILES string of the molecule is O=C(CS(=O)(=O)c1cn(CC(=O)N2CCCCCC2)c2ccccc12)Nc1ccc(Cl)cc1. The number of aromatic nitrogens is 1. The van der Waals surface area contributed by atoms with E-state index in [1.807, 2.05) is 4.90 Å². The minimum absolute atomic E-state index is 0.0258.